The molecule has 0 atom stereocenters. The molecule has 0 radical (unpaired) electrons. The molecule has 0 saturated carbocycles. The highest BCUT2D eigenvalue weighted by atomic mass is 19.1. The lowest BCUT2D eigenvalue weighted by Crippen LogP contribution is -2.37. The van der Waals surface area contributed by atoms with E-state index in [9.17, 15) is 9.18 Å². The van der Waals surface area contributed by atoms with Crippen LogP contribution in [0.2, 0.25) is 0 Å². The van der Waals surface area contributed by atoms with Crippen molar-refractivity contribution >= 4 is 17.6 Å². The first-order chi connectivity index (χ1) is 14.6. The normalized spacial score (nSPS) is 13.7. The van der Waals surface area contributed by atoms with E-state index in [-0.39, 0.29) is 17.1 Å². The van der Waals surface area contributed by atoms with Gasteiger partial charge in [0.25, 0.3) is 0 Å². The lowest BCUT2D eigenvalue weighted by molar-refractivity contribution is 0.122. The smallest absolute Gasteiger partial charge is 0.410 e. The predicted octanol–water partition coefficient (Wildman–Crippen LogP) is 4.04. The van der Waals surface area contributed by atoms with Gasteiger partial charge in [-0.25, -0.2) is 19.2 Å². The number of hydrogen-bond acceptors (Lipinski definition) is 6. The van der Waals surface area contributed by atoms with E-state index < -0.39 is 11.9 Å². The van der Waals surface area contributed by atoms with Crippen molar-refractivity contribution in [3.05, 3.63) is 66.1 Å². The van der Waals surface area contributed by atoms with Gasteiger partial charge in [-0.1, -0.05) is 18.2 Å². The minimum atomic E-state index is -0.700. The molecule has 0 unspecified atom stereocenters. The Kier molecular flexibility index (Phi) is 5.85. The average Bonchev–Trinajstić information content (AvgIpc) is 2.76. The van der Waals surface area contributed by atoms with Crippen molar-refractivity contribution in [2.45, 2.75) is 6.92 Å². The zero-order valence-electron chi connectivity index (χ0n) is 16.5. The van der Waals surface area contributed by atoms with E-state index in [1.165, 1.54) is 6.07 Å². The van der Waals surface area contributed by atoms with Gasteiger partial charge in [0.15, 0.2) is 5.82 Å². The molecule has 1 N–H and O–H groups in total. The van der Waals surface area contributed by atoms with Gasteiger partial charge in [0.1, 0.15) is 17.4 Å². The van der Waals surface area contributed by atoms with E-state index in [0.29, 0.717) is 19.0 Å². The van der Waals surface area contributed by atoms with Crippen LogP contribution in [0.25, 0.3) is 11.4 Å². The Balaban J connectivity index is 1.51. The van der Waals surface area contributed by atoms with Gasteiger partial charge in [-0.2, -0.15) is 0 Å². The largest absolute Gasteiger partial charge is 0.417 e. The fourth-order valence-electron chi connectivity index (χ4n) is 3.17. The van der Waals surface area contributed by atoms with E-state index >= 15 is 0 Å². The van der Waals surface area contributed by atoms with Gasteiger partial charge in [0, 0.05) is 30.5 Å². The van der Waals surface area contributed by atoms with E-state index in [1.54, 1.807) is 42.6 Å². The second kappa shape index (κ2) is 8.87. The maximum absolute atomic E-state index is 14.8. The summed E-state index contributed by atoms with van der Waals surface area (Å²) in [6.45, 7) is 4.65. The highest BCUT2D eigenvalue weighted by Crippen LogP contribution is 2.26. The molecule has 1 aromatic heterocycles. The zero-order chi connectivity index (χ0) is 20.9. The second-order valence-electron chi connectivity index (χ2n) is 6.82. The topological polar surface area (TPSA) is 76.6 Å². The summed E-state index contributed by atoms with van der Waals surface area (Å²) in [5, 5.41) is 2.52. The molecular formula is C22H21FN4O3. The van der Waals surface area contributed by atoms with Crippen molar-refractivity contribution < 1.29 is 18.7 Å². The summed E-state index contributed by atoms with van der Waals surface area (Å²) in [5.74, 6) is 0.925. The van der Waals surface area contributed by atoms with Crippen LogP contribution in [0.15, 0.2) is 54.7 Å². The number of nitrogens with one attached hydrogen (secondary N) is 1. The molecule has 0 bridgehead atoms. The van der Waals surface area contributed by atoms with Crippen LogP contribution >= 0.6 is 0 Å². The van der Waals surface area contributed by atoms with Crippen LogP contribution in [0, 0.1) is 12.7 Å². The number of hydrogen-bond donors (Lipinski definition) is 1. The number of anilines is 2. The quantitative estimate of drug-likeness (QED) is 0.702. The summed E-state index contributed by atoms with van der Waals surface area (Å²) in [5.41, 5.74) is 1.45. The molecule has 1 aliphatic rings. The van der Waals surface area contributed by atoms with E-state index in [2.05, 4.69) is 20.2 Å². The van der Waals surface area contributed by atoms with Crippen molar-refractivity contribution in [1.29, 1.82) is 0 Å². The average molecular weight is 408 g/mol. The third kappa shape index (κ3) is 4.55. The number of rotatable bonds is 4. The van der Waals surface area contributed by atoms with E-state index in [4.69, 9.17) is 9.47 Å². The first-order valence-corrected chi connectivity index (χ1v) is 9.60. The minimum Gasteiger partial charge on any atom is -0.410 e. The van der Waals surface area contributed by atoms with Crippen LogP contribution in [0.4, 0.5) is 20.7 Å². The molecule has 1 saturated heterocycles. The summed E-state index contributed by atoms with van der Waals surface area (Å²) < 4.78 is 25.3. The zero-order valence-corrected chi connectivity index (χ0v) is 16.5. The van der Waals surface area contributed by atoms with Crippen LogP contribution in [0.5, 0.6) is 5.75 Å². The number of amides is 1. The Morgan fingerprint density at radius 2 is 1.93 bits per heavy atom. The molecule has 2 heterocycles. The number of carbonyl (C=O) groups excluding carboxylic acids is 1. The number of aryl methyl sites for hydroxylation is 1. The molecule has 7 nitrogen and oxygen atoms in total. The Morgan fingerprint density at radius 1 is 1.17 bits per heavy atom. The van der Waals surface area contributed by atoms with Gasteiger partial charge in [-0.05, 0) is 37.3 Å². The fourth-order valence-corrected chi connectivity index (χ4v) is 3.17. The summed E-state index contributed by atoms with van der Waals surface area (Å²) in [7, 11) is 0. The summed E-state index contributed by atoms with van der Waals surface area (Å²) in [6, 6.07) is 13.0. The van der Waals surface area contributed by atoms with E-state index in [1.807, 2.05) is 13.0 Å². The van der Waals surface area contributed by atoms with Crippen molar-refractivity contribution in [2.24, 2.45) is 0 Å². The molecule has 2 aromatic carbocycles. The Labute approximate surface area is 173 Å². The van der Waals surface area contributed by atoms with Gasteiger partial charge < -0.3 is 14.4 Å². The number of morpholine rings is 1. The van der Waals surface area contributed by atoms with Crippen LogP contribution in [0.1, 0.15) is 5.56 Å². The standard InChI is InChI=1S/C22H21FN4O3/c1-15-14-24-20(26-21(15)27-9-11-29-12-10-27)18-8-7-16(13-19(18)23)25-22(28)30-17-5-3-2-4-6-17/h2-8,13-14H,9-12H2,1H3,(H,25,28). The van der Waals surface area contributed by atoms with Gasteiger partial charge in [0.2, 0.25) is 0 Å². The number of aromatic nitrogens is 2. The second-order valence-corrected chi connectivity index (χ2v) is 6.82. The molecule has 1 fully saturated rings. The third-order valence-corrected chi connectivity index (χ3v) is 4.67. The minimum absolute atomic E-state index is 0.256. The summed E-state index contributed by atoms with van der Waals surface area (Å²) in [4.78, 5) is 23.0. The van der Waals surface area contributed by atoms with Crippen LogP contribution in [-0.4, -0.2) is 42.4 Å². The molecule has 1 aliphatic heterocycles. The van der Waals surface area contributed by atoms with Crippen molar-refractivity contribution in [1.82, 2.24) is 9.97 Å². The molecule has 4 rings (SSSR count). The predicted molar refractivity (Wildman–Crippen MR) is 111 cm³/mol. The molecule has 0 aliphatic carbocycles. The lowest BCUT2D eigenvalue weighted by Gasteiger charge is -2.29. The number of para-hydroxylation sites is 1. The van der Waals surface area contributed by atoms with Gasteiger partial charge in [-0.3, -0.25) is 5.32 Å². The number of halogens is 1. The lowest BCUT2D eigenvalue weighted by atomic mass is 10.1. The Morgan fingerprint density at radius 3 is 2.67 bits per heavy atom. The maximum Gasteiger partial charge on any atom is 0.417 e. The molecular weight excluding hydrogens is 387 g/mol. The molecule has 8 heteroatoms. The molecule has 0 spiro atoms. The molecule has 154 valence electrons. The first kappa shape index (κ1) is 19.8. The molecule has 1 amide bonds. The van der Waals surface area contributed by atoms with E-state index in [0.717, 1.165) is 24.5 Å². The van der Waals surface area contributed by atoms with Crippen molar-refractivity contribution in [3.63, 3.8) is 0 Å². The maximum atomic E-state index is 14.8. The number of nitrogens with zero attached hydrogens (tertiary/aromatic N) is 3. The summed E-state index contributed by atoms with van der Waals surface area (Å²) >= 11 is 0. The Bertz CT molecular complexity index is 1040. The number of carbonyl (C=O) groups is 1. The molecule has 3 aromatic rings. The van der Waals surface area contributed by atoms with Gasteiger partial charge in [0.05, 0.1) is 18.8 Å². The highest BCUT2D eigenvalue weighted by Gasteiger charge is 2.18. The van der Waals surface area contributed by atoms with Crippen molar-refractivity contribution in [3.8, 4) is 17.1 Å². The SMILES string of the molecule is Cc1cnc(-c2ccc(NC(=O)Oc3ccccc3)cc2F)nc1N1CCOCC1. The summed E-state index contributed by atoms with van der Waals surface area (Å²) in [6.07, 6.45) is 0.991. The first-order valence-electron chi connectivity index (χ1n) is 9.60. The van der Waals surface area contributed by atoms with Crippen LogP contribution in [-0.2, 0) is 4.74 Å². The Hall–Kier alpha value is -3.52. The fraction of sp³-hybridized carbons (Fsp3) is 0.227. The van der Waals surface area contributed by atoms with Gasteiger partial charge >= 0.3 is 6.09 Å². The van der Waals surface area contributed by atoms with Crippen LogP contribution in [0.3, 0.4) is 0 Å². The molecule has 30 heavy (non-hydrogen) atoms. The highest BCUT2D eigenvalue weighted by molar-refractivity contribution is 5.86. The van der Waals surface area contributed by atoms with Crippen LogP contribution < -0.4 is 15.0 Å². The monoisotopic (exact) mass is 408 g/mol. The van der Waals surface area contributed by atoms with Gasteiger partial charge in [-0.15, -0.1) is 0 Å². The number of ether oxygens (including phenoxy) is 2. The third-order valence-electron chi connectivity index (χ3n) is 4.67. The van der Waals surface area contributed by atoms with Crippen molar-refractivity contribution in [2.75, 3.05) is 36.5 Å². The number of benzene rings is 2.